The van der Waals surface area contributed by atoms with Gasteiger partial charge in [0.2, 0.25) is 0 Å². The normalized spacial score (nSPS) is 16.7. The van der Waals surface area contributed by atoms with Gasteiger partial charge >= 0.3 is 0 Å². The zero-order chi connectivity index (χ0) is 18.0. The van der Waals surface area contributed by atoms with Gasteiger partial charge < -0.3 is 9.32 Å². The molecule has 2 N–H and O–H groups in total. The van der Waals surface area contributed by atoms with E-state index in [1.807, 2.05) is 5.38 Å². The predicted octanol–water partition coefficient (Wildman–Crippen LogP) is 2.02. The number of thiophene rings is 1. The summed E-state index contributed by atoms with van der Waals surface area (Å²) in [5.74, 6) is 0.114. The zero-order valence-corrected chi connectivity index (χ0v) is 14.8. The maximum atomic E-state index is 12.5. The third-order valence-corrected chi connectivity index (χ3v) is 4.99. The van der Waals surface area contributed by atoms with Crippen LogP contribution >= 0.6 is 11.3 Å². The average Bonchev–Trinajstić information content (AvgIpc) is 3.32. The molecule has 3 heterocycles. The monoisotopic (exact) mass is 361 g/mol. The Morgan fingerprint density at radius 1 is 1.28 bits per heavy atom. The summed E-state index contributed by atoms with van der Waals surface area (Å²) in [4.78, 5) is 39.2. The van der Waals surface area contributed by atoms with E-state index in [0.717, 1.165) is 6.42 Å². The fraction of sp³-hybridized carbons (Fsp3) is 0.353. The van der Waals surface area contributed by atoms with E-state index in [-0.39, 0.29) is 5.91 Å². The number of rotatable bonds is 3. The summed E-state index contributed by atoms with van der Waals surface area (Å²) in [6.45, 7) is 3.96. The molecule has 3 amide bonds. The van der Waals surface area contributed by atoms with Crippen molar-refractivity contribution in [2.45, 2.75) is 32.7 Å². The van der Waals surface area contributed by atoms with Crippen molar-refractivity contribution in [2.24, 2.45) is 0 Å². The van der Waals surface area contributed by atoms with E-state index >= 15 is 0 Å². The number of nitrogens with one attached hydrogen (secondary N) is 2. The van der Waals surface area contributed by atoms with Gasteiger partial charge in [-0.2, -0.15) is 0 Å². The van der Waals surface area contributed by atoms with Gasteiger partial charge in [-0.05, 0) is 44.2 Å². The smallest absolute Gasteiger partial charge is 0.273 e. The summed E-state index contributed by atoms with van der Waals surface area (Å²) in [5.41, 5.74) is 5.18. The first-order valence-electron chi connectivity index (χ1n) is 7.99. The summed E-state index contributed by atoms with van der Waals surface area (Å²) in [7, 11) is 0. The number of hydrogen-bond donors (Lipinski definition) is 2. The van der Waals surface area contributed by atoms with Crippen LogP contribution in [0.4, 0.5) is 0 Å². The van der Waals surface area contributed by atoms with Crippen molar-refractivity contribution >= 4 is 29.1 Å². The maximum Gasteiger partial charge on any atom is 0.273 e. The van der Waals surface area contributed by atoms with Crippen LogP contribution < -0.4 is 10.9 Å². The number of carbonyl (C=O) groups excluding carboxylic acids is 3. The van der Waals surface area contributed by atoms with Crippen LogP contribution in [0.15, 0.2) is 28.0 Å². The highest BCUT2D eigenvalue weighted by Gasteiger charge is 2.35. The van der Waals surface area contributed by atoms with Crippen LogP contribution in [0.25, 0.3) is 0 Å². The summed E-state index contributed by atoms with van der Waals surface area (Å²) >= 11 is 1.35. The lowest BCUT2D eigenvalue weighted by molar-refractivity contribution is -0.125. The number of nitrogens with zero attached hydrogens (tertiary/aromatic N) is 1. The number of amides is 3. The van der Waals surface area contributed by atoms with Crippen LogP contribution in [0.3, 0.4) is 0 Å². The van der Waals surface area contributed by atoms with Crippen molar-refractivity contribution < 1.29 is 18.8 Å². The maximum absolute atomic E-state index is 12.5. The molecular formula is C17H19N3O4S. The quantitative estimate of drug-likeness (QED) is 0.818. The lowest BCUT2D eigenvalue weighted by Crippen LogP contribution is -2.51. The fourth-order valence-corrected chi connectivity index (χ4v) is 3.63. The molecule has 0 aliphatic carbocycles. The van der Waals surface area contributed by atoms with Crippen molar-refractivity contribution in [1.82, 2.24) is 15.8 Å². The van der Waals surface area contributed by atoms with Crippen LogP contribution in [0.5, 0.6) is 0 Å². The highest BCUT2D eigenvalue weighted by molar-refractivity contribution is 7.12. The van der Waals surface area contributed by atoms with Crippen LogP contribution in [0.2, 0.25) is 0 Å². The Labute approximate surface area is 149 Å². The molecule has 0 saturated carbocycles. The van der Waals surface area contributed by atoms with E-state index in [1.165, 1.54) is 11.3 Å². The molecule has 3 rings (SSSR count). The number of aryl methyl sites for hydroxylation is 2. The second-order valence-corrected chi connectivity index (χ2v) is 6.85. The Hall–Kier alpha value is -2.61. The minimum absolute atomic E-state index is 0.153. The molecule has 25 heavy (non-hydrogen) atoms. The summed E-state index contributed by atoms with van der Waals surface area (Å²) in [5, 5.41) is 1.83. The molecule has 1 saturated heterocycles. The second kappa shape index (κ2) is 7.10. The molecule has 1 unspecified atom stereocenters. The molecule has 1 atom stereocenters. The summed E-state index contributed by atoms with van der Waals surface area (Å²) in [6.07, 6.45) is 1.33. The Balaban J connectivity index is 1.61. The first-order valence-corrected chi connectivity index (χ1v) is 8.87. The molecule has 1 aliphatic rings. The number of likely N-dealkylation sites (tertiary alicyclic amines) is 1. The molecule has 0 aromatic carbocycles. The minimum atomic E-state index is -0.581. The molecule has 0 spiro atoms. The Bertz CT molecular complexity index is 797. The largest absolute Gasteiger partial charge is 0.466 e. The van der Waals surface area contributed by atoms with Gasteiger partial charge in [0.05, 0.1) is 10.4 Å². The third-order valence-electron chi connectivity index (χ3n) is 4.13. The van der Waals surface area contributed by atoms with Gasteiger partial charge in [-0.15, -0.1) is 11.3 Å². The molecule has 2 aromatic heterocycles. The lowest BCUT2D eigenvalue weighted by Gasteiger charge is -2.23. The highest BCUT2D eigenvalue weighted by atomic mass is 32.1. The van der Waals surface area contributed by atoms with Crippen LogP contribution in [0, 0.1) is 13.8 Å². The predicted molar refractivity (Wildman–Crippen MR) is 92.2 cm³/mol. The van der Waals surface area contributed by atoms with Crippen LogP contribution in [0.1, 0.15) is 44.4 Å². The average molecular weight is 361 g/mol. The van der Waals surface area contributed by atoms with Gasteiger partial charge in [0.15, 0.2) is 0 Å². The Morgan fingerprint density at radius 3 is 2.72 bits per heavy atom. The molecule has 1 aliphatic heterocycles. The van der Waals surface area contributed by atoms with E-state index in [0.29, 0.717) is 34.9 Å². The van der Waals surface area contributed by atoms with E-state index in [9.17, 15) is 14.4 Å². The molecular weight excluding hydrogens is 342 g/mol. The van der Waals surface area contributed by atoms with E-state index in [2.05, 4.69) is 10.9 Å². The van der Waals surface area contributed by atoms with Crippen molar-refractivity contribution in [1.29, 1.82) is 0 Å². The summed E-state index contributed by atoms with van der Waals surface area (Å²) < 4.78 is 5.31. The van der Waals surface area contributed by atoms with Gasteiger partial charge in [0, 0.05) is 6.54 Å². The van der Waals surface area contributed by atoms with Gasteiger partial charge in [-0.1, -0.05) is 6.07 Å². The van der Waals surface area contributed by atoms with Crippen molar-refractivity contribution in [3.05, 3.63) is 45.5 Å². The van der Waals surface area contributed by atoms with Crippen molar-refractivity contribution in [3.8, 4) is 0 Å². The molecule has 0 bridgehead atoms. The first-order chi connectivity index (χ1) is 12.0. The van der Waals surface area contributed by atoms with Crippen LogP contribution in [-0.4, -0.2) is 35.2 Å². The van der Waals surface area contributed by atoms with Crippen LogP contribution in [-0.2, 0) is 4.79 Å². The van der Waals surface area contributed by atoms with Crippen molar-refractivity contribution in [3.63, 3.8) is 0 Å². The third kappa shape index (κ3) is 3.58. The fourth-order valence-electron chi connectivity index (χ4n) is 2.95. The molecule has 0 radical (unpaired) electrons. The Morgan fingerprint density at radius 2 is 2.08 bits per heavy atom. The molecule has 7 nitrogen and oxygen atoms in total. The highest BCUT2D eigenvalue weighted by Crippen LogP contribution is 2.22. The van der Waals surface area contributed by atoms with Gasteiger partial charge in [0.1, 0.15) is 17.6 Å². The van der Waals surface area contributed by atoms with E-state index < -0.39 is 17.9 Å². The summed E-state index contributed by atoms with van der Waals surface area (Å²) in [6, 6.07) is 4.57. The first kappa shape index (κ1) is 17.2. The second-order valence-electron chi connectivity index (χ2n) is 5.90. The number of furan rings is 1. The Kier molecular flexibility index (Phi) is 4.89. The number of hydrazine groups is 1. The number of hydrogen-bond acceptors (Lipinski definition) is 5. The SMILES string of the molecule is Cc1cc(C(=O)NNC(=O)C2CCCN2C(=O)c2cccs2)c(C)o1. The topological polar surface area (TPSA) is 91.7 Å². The van der Waals surface area contributed by atoms with Gasteiger partial charge in [-0.25, -0.2) is 0 Å². The van der Waals surface area contributed by atoms with Gasteiger partial charge in [-0.3, -0.25) is 25.2 Å². The zero-order valence-electron chi connectivity index (χ0n) is 14.0. The number of carbonyl (C=O) groups is 3. The molecule has 132 valence electrons. The van der Waals surface area contributed by atoms with E-state index in [1.54, 1.807) is 36.9 Å². The van der Waals surface area contributed by atoms with Crippen molar-refractivity contribution in [2.75, 3.05) is 6.54 Å². The van der Waals surface area contributed by atoms with Gasteiger partial charge in [0.25, 0.3) is 17.7 Å². The minimum Gasteiger partial charge on any atom is -0.466 e. The molecule has 2 aromatic rings. The molecule has 1 fully saturated rings. The standard InChI is InChI=1S/C17H19N3O4S/c1-10-9-12(11(2)24-10)15(21)18-19-16(22)13-5-3-7-20(13)17(23)14-6-4-8-25-14/h4,6,8-9,13H,3,5,7H2,1-2H3,(H,18,21)(H,19,22). The lowest BCUT2D eigenvalue weighted by atomic mass is 10.2. The molecule has 8 heteroatoms. The van der Waals surface area contributed by atoms with E-state index in [4.69, 9.17) is 4.42 Å².